The van der Waals surface area contributed by atoms with Gasteiger partial charge in [-0.2, -0.15) is 13.2 Å². The minimum absolute atomic E-state index is 0.0240. The second-order valence-electron chi connectivity index (χ2n) is 5.34. The zero-order chi connectivity index (χ0) is 18.0. The maximum absolute atomic E-state index is 13.5. The standard InChI is InChI=1S/C17H13F3N4O/c18-17(19,20)15-11-3-1-2-4-13(11)22-9-12(15)16(25)24-8-10-5-6-14(21)23-7-10/h1-7,9H,8H2,(H2,21,23)(H,24,25). The topological polar surface area (TPSA) is 80.9 Å². The number of alkyl halides is 3. The third-order valence-electron chi connectivity index (χ3n) is 3.60. The molecular weight excluding hydrogens is 333 g/mol. The molecular formula is C17H13F3N4O. The number of benzene rings is 1. The van der Waals surface area contributed by atoms with Crippen molar-refractivity contribution in [3.63, 3.8) is 0 Å². The van der Waals surface area contributed by atoms with Crippen LogP contribution >= 0.6 is 0 Å². The number of carbonyl (C=O) groups excluding carboxylic acids is 1. The number of hydrogen-bond acceptors (Lipinski definition) is 4. The molecule has 0 aliphatic carbocycles. The highest BCUT2D eigenvalue weighted by Crippen LogP contribution is 2.36. The van der Waals surface area contributed by atoms with E-state index >= 15 is 0 Å². The smallest absolute Gasteiger partial charge is 0.384 e. The Balaban J connectivity index is 1.94. The first-order valence-corrected chi connectivity index (χ1v) is 7.30. The van der Waals surface area contributed by atoms with Gasteiger partial charge in [0.2, 0.25) is 0 Å². The first kappa shape index (κ1) is 16.7. The Morgan fingerprint density at radius 2 is 1.84 bits per heavy atom. The molecule has 1 amide bonds. The van der Waals surface area contributed by atoms with Gasteiger partial charge >= 0.3 is 6.18 Å². The Morgan fingerprint density at radius 1 is 1.08 bits per heavy atom. The summed E-state index contributed by atoms with van der Waals surface area (Å²) in [5, 5.41) is 2.34. The number of rotatable bonds is 3. The van der Waals surface area contributed by atoms with Crippen LogP contribution in [0.25, 0.3) is 10.9 Å². The first-order chi connectivity index (χ1) is 11.9. The quantitative estimate of drug-likeness (QED) is 0.763. The van der Waals surface area contributed by atoms with Crippen molar-refractivity contribution >= 4 is 22.6 Å². The number of hydrogen-bond donors (Lipinski definition) is 2. The Labute approximate surface area is 140 Å². The van der Waals surface area contributed by atoms with Gasteiger partial charge in [0.25, 0.3) is 5.91 Å². The number of aromatic nitrogens is 2. The molecule has 0 aliphatic rings. The number of nitrogen functional groups attached to an aromatic ring is 1. The summed E-state index contributed by atoms with van der Waals surface area (Å²) in [5.74, 6) is -0.546. The monoisotopic (exact) mass is 346 g/mol. The van der Waals surface area contributed by atoms with Crippen molar-refractivity contribution in [1.29, 1.82) is 0 Å². The van der Waals surface area contributed by atoms with Crippen LogP contribution in [0.3, 0.4) is 0 Å². The highest BCUT2D eigenvalue weighted by molar-refractivity contribution is 6.00. The van der Waals surface area contributed by atoms with Crippen LogP contribution in [-0.4, -0.2) is 15.9 Å². The van der Waals surface area contributed by atoms with Crippen LogP contribution in [0.4, 0.5) is 19.0 Å². The van der Waals surface area contributed by atoms with Crippen molar-refractivity contribution in [3.8, 4) is 0 Å². The Kier molecular flexibility index (Phi) is 4.26. The third-order valence-corrected chi connectivity index (χ3v) is 3.60. The van der Waals surface area contributed by atoms with Gasteiger partial charge in [-0.25, -0.2) is 4.98 Å². The molecule has 0 radical (unpaired) electrons. The molecule has 0 aliphatic heterocycles. The fraction of sp³-hybridized carbons (Fsp3) is 0.118. The van der Waals surface area contributed by atoms with E-state index in [1.807, 2.05) is 0 Å². The van der Waals surface area contributed by atoms with E-state index in [2.05, 4.69) is 15.3 Å². The molecule has 3 N–H and O–H groups in total. The molecule has 0 bridgehead atoms. The minimum atomic E-state index is -4.68. The Hall–Kier alpha value is -3.16. The summed E-state index contributed by atoms with van der Waals surface area (Å²) in [7, 11) is 0. The number of halogens is 3. The van der Waals surface area contributed by atoms with E-state index in [0.29, 0.717) is 11.4 Å². The zero-order valence-electron chi connectivity index (χ0n) is 12.8. The average Bonchev–Trinajstić information content (AvgIpc) is 2.59. The van der Waals surface area contributed by atoms with Crippen LogP contribution in [0.2, 0.25) is 0 Å². The lowest BCUT2D eigenvalue weighted by atomic mass is 10.0. The maximum atomic E-state index is 13.5. The average molecular weight is 346 g/mol. The number of nitrogens with two attached hydrogens (primary N) is 1. The predicted octanol–water partition coefficient (Wildman–Crippen LogP) is 3.16. The Morgan fingerprint density at radius 3 is 2.52 bits per heavy atom. The highest BCUT2D eigenvalue weighted by atomic mass is 19.4. The number of fused-ring (bicyclic) bond motifs is 1. The number of anilines is 1. The van der Waals surface area contributed by atoms with Gasteiger partial charge in [-0.15, -0.1) is 0 Å². The fourth-order valence-electron chi connectivity index (χ4n) is 2.44. The largest absolute Gasteiger partial charge is 0.417 e. The molecule has 5 nitrogen and oxygen atoms in total. The molecule has 1 aromatic carbocycles. The number of pyridine rings is 2. The molecule has 128 valence electrons. The summed E-state index contributed by atoms with van der Waals surface area (Å²) in [5.41, 5.74) is 4.74. The van der Waals surface area contributed by atoms with Crippen LogP contribution < -0.4 is 11.1 Å². The van der Waals surface area contributed by atoms with Crippen LogP contribution in [-0.2, 0) is 12.7 Å². The summed E-state index contributed by atoms with van der Waals surface area (Å²) < 4.78 is 40.5. The van der Waals surface area contributed by atoms with Crippen LogP contribution in [0, 0.1) is 0 Å². The summed E-state index contributed by atoms with van der Waals surface area (Å²) in [6.07, 6.45) is -2.29. The van der Waals surface area contributed by atoms with Gasteiger partial charge in [-0.1, -0.05) is 24.3 Å². The number of amides is 1. The molecule has 2 aromatic heterocycles. The first-order valence-electron chi connectivity index (χ1n) is 7.30. The van der Waals surface area contributed by atoms with Crippen molar-refractivity contribution < 1.29 is 18.0 Å². The molecule has 25 heavy (non-hydrogen) atoms. The molecule has 0 unspecified atom stereocenters. The second-order valence-corrected chi connectivity index (χ2v) is 5.34. The third kappa shape index (κ3) is 3.52. The minimum Gasteiger partial charge on any atom is -0.384 e. The van der Waals surface area contributed by atoms with E-state index < -0.39 is 23.2 Å². The lowest BCUT2D eigenvalue weighted by molar-refractivity contribution is -0.136. The van der Waals surface area contributed by atoms with Crippen molar-refractivity contribution in [3.05, 3.63) is 65.5 Å². The summed E-state index contributed by atoms with van der Waals surface area (Å²) in [4.78, 5) is 20.1. The van der Waals surface area contributed by atoms with Crippen molar-refractivity contribution in [2.75, 3.05) is 5.73 Å². The van der Waals surface area contributed by atoms with Gasteiger partial charge in [-0.3, -0.25) is 9.78 Å². The van der Waals surface area contributed by atoms with Crippen molar-refractivity contribution in [2.24, 2.45) is 0 Å². The maximum Gasteiger partial charge on any atom is 0.417 e. The van der Waals surface area contributed by atoms with Gasteiger partial charge in [0.1, 0.15) is 5.82 Å². The number of para-hydroxylation sites is 1. The molecule has 3 rings (SSSR count). The van der Waals surface area contributed by atoms with Gasteiger partial charge in [0.15, 0.2) is 0 Å². The van der Waals surface area contributed by atoms with Crippen molar-refractivity contribution in [2.45, 2.75) is 12.7 Å². The lowest BCUT2D eigenvalue weighted by Gasteiger charge is -2.15. The summed E-state index contributed by atoms with van der Waals surface area (Å²) >= 11 is 0. The van der Waals surface area contributed by atoms with Gasteiger partial charge in [0, 0.05) is 24.3 Å². The zero-order valence-corrected chi connectivity index (χ0v) is 12.8. The van der Waals surface area contributed by atoms with Gasteiger partial charge in [-0.05, 0) is 17.7 Å². The van der Waals surface area contributed by atoms with Crippen molar-refractivity contribution in [1.82, 2.24) is 15.3 Å². The normalized spacial score (nSPS) is 11.5. The molecule has 0 atom stereocenters. The number of nitrogens with zero attached hydrogens (tertiary/aromatic N) is 2. The predicted molar refractivity (Wildman–Crippen MR) is 86.6 cm³/mol. The molecule has 2 heterocycles. The van der Waals surface area contributed by atoms with Crippen LogP contribution in [0.1, 0.15) is 21.5 Å². The van der Waals surface area contributed by atoms with Crippen LogP contribution in [0.15, 0.2) is 48.8 Å². The second kappa shape index (κ2) is 6.39. The molecule has 8 heteroatoms. The molecule has 0 fully saturated rings. The summed E-state index contributed by atoms with van der Waals surface area (Å²) in [6.45, 7) is 0.0240. The lowest BCUT2D eigenvalue weighted by Crippen LogP contribution is -2.26. The van der Waals surface area contributed by atoms with E-state index in [0.717, 1.165) is 6.20 Å². The molecule has 3 aromatic rings. The fourth-order valence-corrected chi connectivity index (χ4v) is 2.44. The van der Waals surface area contributed by atoms with Gasteiger partial charge in [0.05, 0.1) is 16.6 Å². The van der Waals surface area contributed by atoms with E-state index in [4.69, 9.17) is 5.73 Å². The molecule has 0 saturated carbocycles. The van der Waals surface area contributed by atoms with E-state index in [-0.39, 0.29) is 17.4 Å². The summed E-state index contributed by atoms with van der Waals surface area (Å²) in [6, 6.07) is 8.99. The van der Waals surface area contributed by atoms with Gasteiger partial charge < -0.3 is 11.1 Å². The molecule has 0 spiro atoms. The van der Waals surface area contributed by atoms with E-state index in [1.54, 1.807) is 18.2 Å². The van der Waals surface area contributed by atoms with E-state index in [1.165, 1.54) is 24.4 Å². The SMILES string of the molecule is Nc1ccc(CNC(=O)c2cnc3ccccc3c2C(F)(F)F)cn1. The highest BCUT2D eigenvalue weighted by Gasteiger charge is 2.37. The van der Waals surface area contributed by atoms with E-state index in [9.17, 15) is 18.0 Å². The number of carbonyl (C=O) groups is 1. The number of nitrogens with one attached hydrogen (secondary N) is 1. The van der Waals surface area contributed by atoms with Crippen LogP contribution in [0.5, 0.6) is 0 Å². The Bertz CT molecular complexity index is 923. The molecule has 0 saturated heterocycles.